The first-order valence-electron chi connectivity index (χ1n) is 7.22. The van der Waals surface area contributed by atoms with Crippen molar-refractivity contribution >= 4 is 21.6 Å². The van der Waals surface area contributed by atoms with Gasteiger partial charge in [0.15, 0.2) is 0 Å². The van der Waals surface area contributed by atoms with Crippen molar-refractivity contribution in [3.8, 4) is 0 Å². The van der Waals surface area contributed by atoms with E-state index >= 15 is 0 Å². The van der Waals surface area contributed by atoms with Gasteiger partial charge in [0.2, 0.25) is 15.9 Å². The Labute approximate surface area is 132 Å². The third-order valence-electron chi connectivity index (χ3n) is 2.88. The number of aryl methyl sites for hydroxylation is 1. The second-order valence-corrected chi connectivity index (χ2v) is 7.10. The van der Waals surface area contributed by atoms with Gasteiger partial charge in [0.1, 0.15) is 0 Å². The van der Waals surface area contributed by atoms with Crippen LogP contribution in [0.25, 0.3) is 0 Å². The summed E-state index contributed by atoms with van der Waals surface area (Å²) in [6.45, 7) is 7.86. The first-order valence-corrected chi connectivity index (χ1v) is 8.70. The number of hydrogen-bond acceptors (Lipinski definition) is 4. The minimum Gasteiger partial charge on any atom is -0.379 e. The van der Waals surface area contributed by atoms with Gasteiger partial charge in [0.05, 0.1) is 11.0 Å². The number of amides is 1. The maximum Gasteiger partial charge on any atom is 0.240 e. The van der Waals surface area contributed by atoms with Gasteiger partial charge in [-0.05, 0) is 51.0 Å². The summed E-state index contributed by atoms with van der Waals surface area (Å²) in [7, 11) is -3.55. The van der Waals surface area contributed by atoms with Crippen molar-refractivity contribution in [2.45, 2.75) is 45.1 Å². The summed E-state index contributed by atoms with van der Waals surface area (Å²) < 4.78 is 32.3. The second kappa shape index (κ2) is 8.26. The summed E-state index contributed by atoms with van der Waals surface area (Å²) >= 11 is 0. The minimum atomic E-state index is -3.55. The van der Waals surface area contributed by atoms with E-state index < -0.39 is 10.0 Å². The molecule has 0 saturated heterocycles. The highest BCUT2D eigenvalue weighted by Gasteiger charge is 2.14. The first kappa shape index (κ1) is 18.6. The molecule has 1 amide bonds. The Balaban J connectivity index is 2.65. The third-order valence-corrected chi connectivity index (χ3v) is 4.34. The largest absolute Gasteiger partial charge is 0.379 e. The molecule has 0 radical (unpaired) electrons. The van der Waals surface area contributed by atoms with Gasteiger partial charge in [-0.3, -0.25) is 4.79 Å². The Bertz CT molecular complexity index is 612. The molecule has 0 fully saturated rings. The van der Waals surface area contributed by atoms with Crippen LogP contribution in [0, 0.1) is 6.92 Å². The number of nitrogens with one attached hydrogen (secondary N) is 2. The van der Waals surface area contributed by atoms with E-state index in [1.807, 2.05) is 13.8 Å². The SMILES string of the molecule is CC(=O)Nc1ccc(S(=O)(=O)NCCCOC(C)C)cc1C. The topological polar surface area (TPSA) is 84.5 Å². The van der Waals surface area contributed by atoms with Gasteiger partial charge in [0, 0.05) is 25.8 Å². The van der Waals surface area contributed by atoms with Crippen LogP contribution in [0.4, 0.5) is 5.69 Å². The van der Waals surface area contributed by atoms with Gasteiger partial charge in [-0.2, -0.15) is 0 Å². The molecule has 1 aromatic rings. The monoisotopic (exact) mass is 328 g/mol. The van der Waals surface area contributed by atoms with E-state index in [1.54, 1.807) is 13.0 Å². The lowest BCUT2D eigenvalue weighted by Gasteiger charge is -2.11. The van der Waals surface area contributed by atoms with Crippen LogP contribution in [0.5, 0.6) is 0 Å². The molecule has 7 heteroatoms. The van der Waals surface area contributed by atoms with Crippen LogP contribution in [0.2, 0.25) is 0 Å². The molecular weight excluding hydrogens is 304 g/mol. The quantitative estimate of drug-likeness (QED) is 0.715. The Morgan fingerprint density at radius 2 is 2.00 bits per heavy atom. The van der Waals surface area contributed by atoms with E-state index in [-0.39, 0.29) is 16.9 Å². The fourth-order valence-electron chi connectivity index (χ4n) is 1.81. The molecule has 124 valence electrons. The van der Waals surface area contributed by atoms with Gasteiger partial charge in [-0.1, -0.05) is 0 Å². The average Bonchev–Trinajstić information content (AvgIpc) is 2.39. The van der Waals surface area contributed by atoms with Crippen molar-refractivity contribution in [1.82, 2.24) is 4.72 Å². The van der Waals surface area contributed by atoms with Crippen molar-refractivity contribution < 1.29 is 17.9 Å². The van der Waals surface area contributed by atoms with Crippen molar-refractivity contribution in [2.75, 3.05) is 18.5 Å². The van der Waals surface area contributed by atoms with Gasteiger partial charge in [-0.25, -0.2) is 13.1 Å². The van der Waals surface area contributed by atoms with E-state index in [0.29, 0.717) is 30.8 Å². The summed E-state index contributed by atoms with van der Waals surface area (Å²) in [5.74, 6) is -0.193. The molecule has 0 aliphatic heterocycles. The highest BCUT2D eigenvalue weighted by Crippen LogP contribution is 2.19. The van der Waals surface area contributed by atoms with Gasteiger partial charge >= 0.3 is 0 Å². The molecule has 0 bridgehead atoms. The van der Waals surface area contributed by atoms with Crippen molar-refractivity contribution in [1.29, 1.82) is 0 Å². The van der Waals surface area contributed by atoms with E-state index in [2.05, 4.69) is 10.0 Å². The molecule has 2 N–H and O–H groups in total. The number of hydrogen-bond donors (Lipinski definition) is 2. The molecule has 0 aromatic heterocycles. The Morgan fingerprint density at radius 3 is 2.55 bits per heavy atom. The fraction of sp³-hybridized carbons (Fsp3) is 0.533. The summed E-state index contributed by atoms with van der Waals surface area (Å²) in [5.41, 5.74) is 1.30. The maximum absolute atomic E-state index is 12.2. The van der Waals surface area contributed by atoms with Crippen molar-refractivity contribution in [2.24, 2.45) is 0 Å². The number of carbonyl (C=O) groups is 1. The standard InChI is InChI=1S/C15H24N2O4S/c1-11(2)21-9-5-8-16-22(19,20)14-6-7-15(12(3)10-14)17-13(4)18/h6-7,10-11,16H,5,8-9H2,1-4H3,(H,17,18). The number of anilines is 1. The average molecular weight is 328 g/mol. The van der Waals surface area contributed by atoms with Crippen LogP contribution >= 0.6 is 0 Å². The Hall–Kier alpha value is -1.44. The van der Waals surface area contributed by atoms with E-state index in [0.717, 1.165) is 0 Å². The zero-order valence-electron chi connectivity index (χ0n) is 13.5. The smallest absolute Gasteiger partial charge is 0.240 e. The molecule has 0 saturated carbocycles. The molecule has 22 heavy (non-hydrogen) atoms. The second-order valence-electron chi connectivity index (χ2n) is 5.33. The predicted molar refractivity (Wildman–Crippen MR) is 86.4 cm³/mol. The fourth-order valence-corrected chi connectivity index (χ4v) is 2.97. The van der Waals surface area contributed by atoms with Crippen molar-refractivity contribution in [3.05, 3.63) is 23.8 Å². The van der Waals surface area contributed by atoms with Crippen LogP contribution in [0.15, 0.2) is 23.1 Å². The minimum absolute atomic E-state index is 0.139. The van der Waals surface area contributed by atoms with Crippen LogP contribution < -0.4 is 10.0 Å². The van der Waals surface area contributed by atoms with Crippen LogP contribution in [0.1, 0.15) is 32.8 Å². The molecule has 1 aromatic carbocycles. The third kappa shape index (κ3) is 6.13. The summed E-state index contributed by atoms with van der Waals surface area (Å²) in [6, 6.07) is 4.61. The molecule has 0 unspecified atom stereocenters. The molecule has 6 nitrogen and oxygen atoms in total. The summed E-state index contributed by atoms with van der Waals surface area (Å²) in [5, 5.41) is 2.65. The summed E-state index contributed by atoms with van der Waals surface area (Å²) in [4.78, 5) is 11.2. The lowest BCUT2D eigenvalue weighted by Crippen LogP contribution is -2.26. The highest BCUT2D eigenvalue weighted by atomic mass is 32.2. The van der Waals surface area contributed by atoms with Gasteiger partial charge < -0.3 is 10.1 Å². The Morgan fingerprint density at radius 1 is 1.32 bits per heavy atom. The molecular formula is C15H24N2O4S. The van der Waals surface area contributed by atoms with Crippen molar-refractivity contribution in [3.63, 3.8) is 0 Å². The lowest BCUT2D eigenvalue weighted by atomic mass is 10.2. The highest BCUT2D eigenvalue weighted by molar-refractivity contribution is 7.89. The van der Waals surface area contributed by atoms with Gasteiger partial charge in [0.25, 0.3) is 0 Å². The molecule has 0 atom stereocenters. The summed E-state index contributed by atoms with van der Waals surface area (Å²) in [6.07, 6.45) is 0.751. The predicted octanol–water partition coefficient (Wildman–Crippen LogP) is 2.05. The maximum atomic E-state index is 12.2. The number of rotatable bonds is 8. The molecule has 0 aliphatic carbocycles. The van der Waals surface area contributed by atoms with Crippen LogP contribution in [-0.4, -0.2) is 33.6 Å². The molecule has 0 heterocycles. The van der Waals surface area contributed by atoms with E-state index in [4.69, 9.17) is 4.74 Å². The number of benzene rings is 1. The van der Waals surface area contributed by atoms with Gasteiger partial charge in [-0.15, -0.1) is 0 Å². The molecule has 0 aliphatic rings. The molecule has 1 rings (SSSR count). The zero-order chi connectivity index (χ0) is 16.8. The number of ether oxygens (including phenoxy) is 1. The normalized spacial score (nSPS) is 11.7. The Kier molecular flexibility index (Phi) is 6.99. The number of carbonyl (C=O) groups excluding carboxylic acids is 1. The molecule has 0 spiro atoms. The lowest BCUT2D eigenvalue weighted by molar-refractivity contribution is -0.114. The number of sulfonamides is 1. The van der Waals surface area contributed by atoms with E-state index in [1.165, 1.54) is 19.1 Å². The van der Waals surface area contributed by atoms with E-state index in [9.17, 15) is 13.2 Å². The van der Waals surface area contributed by atoms with Crippen LogP contribution in [-0.2, 0) is 19.6 Å². The van der Waals surface area contributed by atoms with Crippen LogP contribution in [0.3, 0.4) is 0 Å². The zero-order valence-corrected chi connectivity index (χ0v) is 14.3. The first-order chi connectivity index (χ1) is 10.2.